The molecule has 2 aromatic rings. The van der Waals surface area contributed by atoms with Gasteiger partial charge in [0.2, 0.25) is 5.65 Å². The van der Waals surface area contributed by atoms with Crippen LogP contribution >= 0.6 is 0 Å². The fraction of sp³-hybridized carbons (Fsp3) is 0.455. The number of fused-ring (bicyclic) bond motifs is 1. The average Bonchev–Trinajstić information content (AvgIpc) is 2.94. The summed E-state index contributed by atoms with van der Waals surface area (Å²) in [4.78, 5) is 17.4. The minimum absolute atomic E-state index is 0.104. The molecule has 2 unspecified atom stereocenters. The van der Waals surface area contributed by atoms with Gasteiger partial charge >= 0.3 is 5.97 Å². The van der Waals surface area contributed by atoms with E-state index >= 15 is 0 Å². The Morgan fingerprint density at radius 1 is 1.50 bits per heavy atom. The lowest BCUT2D eigenvalue weighted by molar-refractivity contribution is -0.142. The van der Waals surface area contributed by atoms with Crippen LogP contribution in [0.2, 0.25) is 0 Å². The predicted molar refractivity (Wildman–Crippen MR) is 63.3 cm³/mol. The fourth-order valence-corrected chi connectivity index (χ4v) is 2.43. The van der Waals surface area contributed by atoms with E-state index in [1.54, 1.807) is 23.1 Å². The van der Waals surface area contributed by atoms with Gasteiger partial charge in [-0.2, -0.15) is 0 Å². The molecular formula is C11H13N5O2. The van der Waals surface area contributed by atoms with Gasteiger partial charge < -0.3 is 10.0 Å². The molecule has 7 nitrogen and oxygen atoms in total. The van der Waals surface area contributed by atoms with E-state index in [0.29, 0.717) is 24.6 Å². The Balaban J connectivity index is 1.97. The monoisotopic (exact) mass is 247 g/mol. The van der Waals surface area contributed by atoms with E-state index in [9.17, 15) is 4.79 Å². The van der Waals surface area contributed by atoms with Crippen LogP contribution in [0.1, 0.15) is 6.92 Å². The van der Waals surface area contributed by atoms with Gasteiger partial charge in [-0.05, 0) is 5.92 Å². The van der Waals surface area contributed by atoms with Crippen molar-refractivity contribution in [3.8, 4) is 0 Å². The highest BCUT2D eigenvalue weighted by atomic mass is 16.4. The number of aromatic nitrogens is 4. The van der Waals surface area contributed by atoms with Crippen LogP contribution in [0.4, 0.5) is 5.82 Å². The lowest BCUT2D eigenvalue weighted by Gasteiger charge is -2.16. The third-order valence-corrected chi connectivity index (χ3v) is 3.43. The molecule has 0 radical (unpaired) electrons. The number of carboxylic acids is 1. The molecule has 94 valence electrons. The molecule has 7 heteroatoms. The number of rotatable bonds is 2. The molecule has 1 N–H and O–H groups in total. The Kier molecular flexibility index (Phi) is 2.39. The number of hydrogen-bond donors (Lipinski definition) is 1. The van der Waals surface area contributed by atoms with Crippen molar-refractivity contribution in [2.24, 2.45) is 11.8 Å². The van der Waals surface area contributed by atoms with Crippen LogP contribution in [-0.4, -0.2) is 43.7 Å². The van der Waals surface area contributed by atoms with Crippen LogP contribution in [0.25, 0.3) is 5.65 Å². The smallest absolute Gasteiger partial charge is 0.308 e. The van der Waals surface area contributed by atoms with E-state index in [0.717, 1.165) is 0 Å². The first-order valence-electron chi connectivity index (χ1n) is 5.79. The van der Waals surface area contributed by atoms with E-state index in [4.69, 9.17) is 5.11 Å². The number of hydrogen-bond acceptors (Lipinski definition) is 5. The van der Waals surface area contributed by atoms with E-state index in [1.165, 1.54) is 0 Å². The molecule has 1 aliphatic rings. The van der Waals surface area contributed by atoms with Gasteiger partial charge in [0, 0.05) is 25.5 Å². The maximum Gasteiger partial charge on any atom is 0.308 e. The summed E-state index contributed by atoms with van der Waals surface area (Å²) in [7, 11) is 0. The zero-order valence-electron chi connectivity index (χ0n) is 9.89. The van der Waals surface area contributed by atoms with E-state index in [1.807, 2.05) is 11.8 Å². The molecule has 0 bridgehead atoms. The van der Waals surface area contributed by atoms with Gasteiger partial charge in [0.25, 0.3) is 0 Å². The molecular weight excluding hydrogens is 234 g/mol. The van der Waals surface area contributed by atoms with Gasteiger partial charge in [0.15, 0.2) is 5.82 Å². The Morgan fingerprint density at radius 2 is 2.33 bits per heavy atom. The highest BCUT2D eigenvalue weighted by molar-refractivity contribution is 5.73. The van der Waals surface area contributed by atoms with Crippen molar-refractivity contribution in [3.05, 3.63) is 18.7 Å². The summed E-state index contributed by atoms with van der Waals surface area (Å²) in [6, 6.07) is 0. The third kappa shape index (κ3) is 1.59. The van der Waals surface area contributed by atoms with Crippen LogP contribution in [0, 0.1) is 11.8 Å². The summed E-state index contributed by atoms with van der Waals surface area (Å²) in [5.74, 6) is -0.300. The molecule has 0 saturated carbocycles. The zero-order chi connectivity index (χ0) is 12.7. The third-order valence-electron chi connectivity index (χ3n) is 3.43. The van der Waals surface area contributed by atoms with Crippen molar-refractivity contribution in [2.45, 2.75) is 6.92 Å². The second kappa shape index (κ2) is 3.94. The molecule has 1 aliphatic heterocycles. The van der Waals surface area contributed by atoms with Crippen molar-refractivity contribution in [2.75, 3.05) is 18.0 Å². The number of nitrogens with zero attached hydrogens (tertiary/aromatic N) is 5. The van der Waals surface area contributed by atoms with E-state index < -0.39 is 5.97 Å². The van der Waals surface area contributed by atoms with Crippen LogP contribution in [0.5, 0.6) is 0 Å². The second-order valence-corrected chi connectivity index (χ2v) is 4.64. The van der Waals surface area contributed by atoms with Crippen molar-refractivity contribution in [3.63, 3.8) is 0 Å². The quantitative estimate of drug-likeness (QED) is 0.820. The molecule has 3 heterocycles. The Hall–Kier alpha value is -2.18. The molecule has 0 aromatic carbocycles. The second-order valence-electron chi connectivity index (χ2n) is 4.64. The fourth-order valence-electron chi connectivity index (χ4n) is 2.43. The van der Waals surface area contributed by atoms with Gasteiger partial charge in [-0.1, -0.05) is 6.92 Å². The molecule has 3 rings (SSSR count). The largest absolute Gasteiger partial charge is 0.481 e. The first kappa shape index (κ1) is 10.9. The maximum absolute atomic E-state index is 11.1. The van der Waals surface area contributed by atoms with Crippen LogP contribution in [0.15, 0.2) is 18.7 Å². The maximum atomic E-state index is 11.1. The van der Waals surface area contributed by atoms with Crippen molar-refractivity contribution in [1.82, 2.24) is 19.6 Å². The number of carboxylic acid groups (broad SMARTS) is 1. The van der Waals surface area contributed by atoms with E-state index in [2.05, 4.69) is 15.2 Å². The summed E-state index contributed by atoms with van der Waals surface area (Å²) in [6.07, 6.45) is 5.05. The summed E-state index contributed by atoms with van der Waals surface area (Å²) in [5, 5.41) is 17.0. The van der Waals surface area contributed by atoms with Crippen LogP contribution < -0.4 is 4.90 Å². The van der Waals surface area contributed by atoms with E-state index in [-0.39, 0.29) is 11.8 Å². The number of anilines is 1. The lowest BCUT2D eigenvalue weighted by Crippen LogP contribution is -2.24. The Morgan fingerprint density at radius 3 is 3.06 bits per heavy atom. The van der Waals surface area contributed by atoms with Gasteiger partial charge in [-0.3, -0.25) is 9.20 Å². The molecule has 0 aliphatic carbocycles. The standard InChI is InChI=1S/C11H13N5O2/c1-7-4-16(5-8(7)11(17)18)9-10-14-13-6-15(10)3-2-12-9/h2-3,6-8H,4-5H2,1H3,(H,17,18). The molecule has 2 aromatic heterocycles. The van der Waals surface area contributed by atoms with Gasteiger partial charge in [-0.15, -0.1) is 10.2 Å². The van der Waals surface area contributed by atoms with Gasteiger partial charge in [-0.25, -0.2) is 4.98 Å². The highest BCUT2D eigenvalue weighted by Gasteiger charge is 2.36. The Bertz CT molecular complexity index is 596. The van der Waals surface area contributed by atoms with Gasteiger partial charge in [0.05, 0.1) is 5.92 Å². The minimum atomic E-state index is -0.751. The molecule has 1 fully saturated rings. The first-order valence-corrected chi connectivity index (χ1v) is 5.79. The lowest BCUT2D eigenvalue weighted by atomic mass is 9.99. The van der Waals surface area contributed by atoms with Crippen LogP contribution in [0.3, 0.4) is 0 Å². The summed E-state index contributed by atoms with van der Waals surface area (Å²) >= 11 is 0. The predicted octanol–water partition coefficient (Wildman–Crippen LogP) is 0.281. The summed E-state index contributed by atoms with van der Waals surface area (Å²) in [6.45, 7) is 3.09. The minimum Gasteiger partial charge on any atom is -0.481 e. The summed E-state index contributed by atoms with van der Waals surface area (Å²) < 4.78 is 1.78. The van der Waals surface area contributed by atoms with Crippen molar-refractivity contribution < 1.29 is 9.90 Å². The first-order chi connectivity index (χ1) is 8.66. The van der Waals surface area contributed by atoms with Crippen molar-refractivity contribution >= 4 is 17.4 Å². The topological polar surface area (TPSA) is 83.6 Å². The molecule has 18 heavy (non-hydrogen) atoms. The molecule has 2 atom stereocenters. The highest BCUT2D eigenvalue weighted by Crippen LogP contribution is 2.28. The normalized spacial score (nSPS) is 23.7. The number of carbonyl (C=O) groups is 1. The number of aliphatic carboxylic acids is 1. The van der Waals surface area contributed by atoms with Crippen LogP contribution in [-0.2, 0) is 4.79 Å². The molecule has 0 amide bonds. The molecule has 0 spiro atoms. The summed E-state index contributed by atoms with van der Waals surface area (Å²) in [5.41, 5.74) is 0.663. The zero-order valence-corrected chi connectivity index (χ0v) is 9.89. The SMILES string of the molecule is CC1CN(c2nccn3cnnc23)CC1C(=O)O. The average molecular weight is 247 g/mol. The molecule has 1 saturated heterocycles. The Labute approximate surface area is 103 Å². The van der Waals surface area contributed by atoms with Gasteiger partial charge in [0.1, 0.15) is 6.33 Å². The van der Waals surface area contributed by atoms with Crippen molar-refractivity contribution in [1.29, 1.82) is 0 Å².